The molecule has 1 saturated heterocycles. The molecule has 0 aliphatic carbocycles. The molecule has 0 aromatic heterocycles. The van der Waals surface area contributed by atoms with Gasteiger partial charge < -0.3 is 15.1 Å². The Kier molecular flexibility index (Phi) is 5.70. The Bertz CT molecular complexity index is 434. The van der Waals surface area contributed by atoms with Crippen molar-refractivity contribution in [1.29, 1.82) is 0 Å². The van der Waals surface area contributed by atoms with E-state index in [-0.39, 0.29) is 0 Å². The Labute approximate surface area is 127 Å². The molecule has 112 valence electrons. The highest BCUT2D eigenvalue weighted by atomic mass is 35.5. The van der Waals surface area contributed by atoms with Crippen LogP contribution in [0, 0.1) is 0 Å². The van der Waals surface area contributed by atoms with Gasteiger partial charge in [0.05, 0.1) is 0 Å². The van der Waals surface area contributed by atoms with Crippen LogP contribution < -0.4 is 10.2 Å². The third-order valence-corrected chi connectivity index (χ3v) is 4.47. The van der Waals surface area contributed by atoms with Crippen LogP contribution in [-0.4, -0.2) is 44.7 Å². The van der Waals surface area contributed by atoms with Gasteiger partial charge in [-0.05, 0) is 45.6 Å². The summed E-state index contributed by atoms with van der Waals surface area (Å²) in [5, 5.41) is 4.27. The molecular formula is C16H26ClN3. The molecule has 2 rings (SSSR count). The molecule has 0 radical (unpaired) electrons. The summed E-state index contributed by atoms with van der Waals surface area (Å²) in [5.41, 5.74) is 2.53. The fourth-order valence-corrected chi connectivity index (χ4v) is 3.10. The Morgan fingerprint density at radius 2 is 2.20 bits per heavy atom. The van der Waals surface area contributed by atoms with Crippen molar-refractivity contribution in [3.8, 4) is 0 Å². The van der Waals surface area contributed by atoms with E-state index in [9.17, 15) is 0 Å². The first-order valence-electron chi connectivity index (χ1n) is 7.53. The highest BCUT2D eigenvalue weighted by molar-refractivity contribution is 6.31. The maximum absolute atomic E-state index is 6.41. The van der Waals surface area contributed by atoms with Gasteiger partial charge in [0.15, 0.2) is 0 Å². The van der Waals surface area contributed by atoms with Crippen LogP contribution >= 0.6 is 11.6 Å². The van der Waals surface area contributed by atoms with Crippen molar-refractivity contribution in [3.63, 3.8) is 0 Å². The molecule has 0 amide bonds. The number of rotatable bonds is 5. The summed E-state index contributed by atoms with van der Waals surface area (Å²) < 4.78 is 0. The maximum Gasteiger partial charge on any atom is 0.0471 e. The standard InChI is InChI=1S/C16H26ClN3/c1-4-18-11-14-15(17)8-5-9-16(14)20-10-6-7-13(12-20)19(2)3/h5,8-9,13,18H,4,6-7,10-12H2,1-3H3. The lowest BCUT2D eigenvalue weighted by Crippen LogP contribution is -2.45. The minimum absolute atomic E-state index is 0.634. The molecule has 1 unspecified atom stereocenters. The molecule has 1 aromatic rings. The Balaban J connectivity index is 2.20. The lowest BCUT2D eigenvalue weighted by molar-refractivity contribution is 0.258. The fourth-order valence-electron chi connectivity index (χ4n) is 2.86. The number of anilines is 1. The third-order valence-electron chi connectivity index (χ3n) is 4.11. The lowest BCUT2D eigenvalue weighted by atomic mass is 10.0. The monoisotopic (exact) mass is 295 g/mol. The van der Waals surface area contributed by atoms with Crippen molar-refractivity contribution in [2.24, 2.45) is 0 Å². The van der Waals surface area contributed by atoms with Crippen LogP contribution in [0.2, 0.25) is 5.02 Å². The van der Waals surface area contributed by atoms with E-state index in [1.807, 2.05) is 6.07 Å². The number of hydrogen-bond acceptors (Lipinski definition) is 3. The summed E-state index contributed by atoms with van der Waals surface area (Å²) in [7, 11) is 4.34. The molecule has 1 atom stereocenters. The summed E-state index contributed by atoms with van der Waals surface area (Å²) in [4.78, 5) is 4.83. The van der Waals surface area contributed by atoms with Crippen LogP contribution in [0.25, 0.3) is 0 Å². The Hall–Kier alpha value is -0.770. The van der Waals surface area contributed by atoms with Crippen LogP contribution in [0.15, 0.2) is 18.2 Å². The molecule has 1 aromatic carbocycles. The summed E-state index contributed by atoms with van der Waals surface area (Å²) in [6, 6.07) is 6.89. The zero-order valence-corrected chi connectivity index (χ0v) is 13.6. The third kappa shape index (κ3) is 3.66. The molecule has 20 heavy (non-hydrogen) atoms. The van der Waals surface area contributed by atoms with E-state index in [0.717, 1.165) is 31.2 Å². The van der Waals surface area contributed by atoms with E-state index >= 15 is 0 Å². The van der Waals surface area contributed by atoms with Gasteiger partial charge in [-0.3, -0.25) is 0 Å². The van der Waals surface area contributed by atoms with E-state index in [0.29, 0.717) is 6.04 Å². The number of hydrogen-bond donors (Lipinski definition) is 1. The van der Waals surface area contributed by atoms with Crippen LogP contribution in [0.4, 0.5) is 5.69 Å². The minimum Gasteiger partial charge on any atom is -0.370 e. The van der Waals surface area contributed by atoms with Crippen molar-refractivity contribution in [2.45, 2.75) is 32.4 Å². The molecule has 1 aliphatic heterocycles. The van der Waals surface area contributed by atoms with Gasteiger partial charge >= 0.3 is 0 Å². The van der Waals surface area contributed by atoms with Crippen molar-refractivity contribution in [2.75, 3.05) is 38.6 Å². The molecule has 0 bridgehead atoms. The van der Waals surface area contributed by atoms with Crippen molar-refractivity contribution in [3.05, 3.63) is 28.8 Å². The molecule has 1 N–H and O–H groups in total. The van der Waals surface area contributed by atoms with Gasteiger partial charge in [-0.1, -0.05) is 24.6 Å². The number of halogens is 1. The predicted octanol–water partition coefficient (Wildman–Crippen LogP) is 2.98. The predicted molar refractivity (Wildman–Crippen MR) is 87.8 cm³/mol. The normalized spacial score (nSPS) is 19.6. The topological polar surface area (TPSA) is 18.5 Å². The number of nitrogens with zero attached hydrogens (tertiary/aromatic N) is 2. The molecule has 1 fully saturated rings. The van der Waals surface area contributed by atoms with Crippen LogP contribution in [0.3, 0.4) is 0 Å². The first-order chi connectivity index (χ1) is 9.63. The van der Waals surface area contributed by atoms with Gasteiger partial charge in [-0.25, -0.2) is 0 Å². The number of piperidine rings is 1. The second-order valence-electron chi connectivity index (χ2n) is 5.72. The van der Waals surface area contributed by atoms with Gasteiger partial charge in [0.1, 0.15) is 0 Å². The van der Waals surface area contributed by atoms with Gasteiger partial charge in [0.25, 0.3) is 0 Å². The summed E-state index contributed by atoms with van der Waals surface area (Å²) in [6.45, 7) is 6.15. The lowest BCUT2D eigenvalue weighted by Gasteiger charge is -2.38. The summed E-state index contributed by atoms with van der Waals surface area (Å²) in [6.07, 6.45) is 2.53. The average Bonchev–Trinajstić information content (AvgIpc) is 2.46. The summed E-state index contributed by atoms with van der Waals surface area (Å²) in [5.74, 6) is 0. The first-order valence-corrected chi connectivity index (χ1v) is 7.90. The highest BCUT2D eigenvalue weighted by Crippen LogP contribution is 2.30. The molecule has 0 spiro atoms. The second kappa shape index (κ2) is 7.30. The second-order valence-corrected chi connectivity index (χ2v) is 6.13. The van der Waals surface area contributed by atoms with Gasteiger partial charge in [0, 0.05) is 41.9 Å². The van der Waals surface area contributed by atoms with Gasteiger partial charge in [-0.15, -0.1) is 0 Å². The summed E-state index contributed by atoms with van der Waals surface area (Å²) >= 11 is 6.41. The van der Waals surface area contributed by atoms with Crippen LogP contribution in [0.5, 0.6) is 0 Å². The average molecular weight is 296 g/mol. The molecule has 3 nitrogen and oxygen atoms in total. The number of likely N-dealkylation sites (N-methyl/N-ethyl adjacent to an activating group) is 1. The number of benzene rings is 1. The van der Waals surface area contributed by atoms with Gasteiger partial charge in [0.2, 0.25) is 0 Å². The largest absolute Gasteiger partial charge is 0.370 e. The molecular weight excluding hydrogens is 270 g/mol. The Morgan fingerprint density at radius 1 is 1.40 bits per heavy atom. The fraction of sp³-hybridized carbons (Fsp3) is 0.625. The van der Waals surface area contributed by atoms with E-state index in [1.165, 1.54) is 24.1 Å². The van der Waals surface area contributed by atoms with Crippen molar-refractivity contribution in [1.82, 2.24) is 10.2 Å². The zero-order chi connectivity index (χ0) is 14.5. The van der Waals surface area contributed by atoms with E-state index < -0.39 is 0 Å². The maximum atomic E-state index is 6.41. The van der Waals surface area contributed by atoms with E-state index in [4.69, 9.17) is 11.6 Å². The van der Waals surface area contributed by atoms with Gasteiger partial charge in [-0.2, -0.15) is 0 Å². The SMILES string of the molecule is CCNCc1c(Cl)cccc1N1CCCC(N(C)C)C1. The molecule has 1 aliphatic rings. The zero-order valence-electron chi connectivity index (χ0n) is 12.8. The quantitative estimate of drug-likeness (QED) is 0.901. The smallest absolute Gasteiger partial charge is 0.0471 e. The van der Waals surface area contributed by atoms with Crippen LogP contribution in [-0.2, 0) is 6.54 Å². The minimum atomic E-state index is 0.634. The molecule has 4 heteroatoms. The molecule has 1 heterocycles. The van der Waals surface area contributed by atoms with Crippen molar-refractivity contribution >= 4 is 17.3 Å². The number of nitrogens with one attached hydrogen (secondary N) is 1. The highest BCUT2D eigenvalue weighted by Gasteiger charge is 2.23. The Morgan fingerprint density at radius 3 is 2.90 bits per heavy atom. The first kappa shape index (κ1) is 15.6. The van der Waals surface area contributed by atoms with E-state index in [2.05, 4.69) is 48.3 Å². The van der Waals surface area contributed by atoms with Crippen molar-refractivity contribution < 1.29 is 0 Å². The van der Waals surface area contributed by atoms with E-state index in [1.54, 1.807) is 0 Å². The van der Waals surface area contributed by atoms with Crippen LogP contribution in [0.1, 0.15) is 25.3 Å². The molecule has 0 saturated carbocycles.